The number of carbonyl (C=O) groups excluding carboxylic acids is 1. The highest BCUT2D eigenvalue weighted by molar-refractivity contribution is 5.92. The Morgan fingerprint density at radius 3 is 2.89 bits per heavy atom. The van der Waals surface area contributed by atoms with Gasteiger partial charge in [0.1, 0.15) is 11.5 Å². The van der Waals surface area contributed by atoms with Gasteiger partial charge in [-0.3, -0.25) is 9.59 Å². The van der Waals surface area contributed by atoms with Crippen LogP contribution in [-0.2, 0) is 20.9 Å². The number of benzene rings is 1. The van der Waals surface area contributed by atoms with E-state index in [0.717, 1.165) is 11.1 Å². The van der Waals surface area contributed by atoms with Gasteiger partial charge >= 0.3 is 5.97 Å². The molecule has 0 aromatic heterocycles. The summed E-state index contributed by atoms with van der Waals surface area (Å²) in [5.41, 5.74) is 0.691. The van der Waals surface area contributed by atoms with Crippen molar-refractivity contribution in [3.05, 3.63) is 48.1 Å². The van der Waals surface area contributed by atoms with Gasteiger partial charge in [-0.05, 0) is 24.6 Å². The Morgan fingerprint density at radius 1 is 1.37 bits per heavy atom. The number of rotatable bonds is 4. The predicted octanol–water partition coefficient (Wildman–Crippen LogP) is 1.73. The second-order valence-corrected chi connectivity index (χ2v) is 7.54. The summed E-state index contributed by atoms with van der Waals surface area (Å²) in [5, 5.41) is 9.67. The van der Waals surface area contributed by atoms with Crippen molar-refractivity contribution in [3.63, 3.8) is 0 Å². The minimum atomic E-state index is -1.00. The number of hydrogen-bond acceptors (Lipinski definition) is 5. The van der Waals surface area contributed by atoms with Crippen LogP contribution in [-0.4, -0.2) is 46.4 Å². The van der Waals surface area contributed by atoms with Crippen LogP contribution in [0.2, 0.25) is 0 Å². The van der Waals surface area contributed by atoms with Gasteiger partial charge < -0.3 is 24.2 Å². The van der Waals surface area contributed by atoms with Gasteiger partial charge in [-0.1, -0.05) is 30.4 Å². The third-order valence-corrected chi connectivity index (χ3v) is 5.92. The van der Waals surface area contributed by atoms with E-state index in [1.54, 1.807) is 11.0 Å². The lowest BCUT2D eigenvalue weighted by Gasteiger charge is -2.33. The Kier molecular flexibility index (Phi) is 3.25. The number of ether oxygens (including phenoxy) is 3. The van der Waals surface area contributed by atoms with Crippen molar-refractivity contribution in [1.29, 1.82) is 0 Å². The van der Waals surface area contributed by atoms with Gasteiger partial charge in [-0.25, -0.2) is 0 Å². The third-order valence-electron chi connectivity index (χ3n) is 5.92. The number of carboxylic acids is 1. The van der Waals surface area contributed by atoms with E-state index in [9.17, 15) is 14.7 Å². The average Bonchev–Trinajstić information content (AvgIpc) is 3.35. The first-order valence-corrected chi connectivity index (χ1v) is 8.87. The van der Waals surface area contributed by atoms with Crippen molar-refractivity contribution >= 4 is 11.9 Å². The summed E-state index contributed by atoms with van der Waals surface area (Å²) in [7, 11) is 0. The fourth-order valence-corrected chi connectivity index (χ4v) is 4.96. The molecule has 2 unspecified atom stereocenters. The Labute approximate surface area is 155 Å². The van der Waals surface area contributed by atoms with Crippen LogP contribution in [0.15, 0.2) is 42.5 Å². The molecule has 0 saturated carbocycles. The van der Waals surface area contributed by atoms with E-state index in [1.165, 1.54) is 0 Å². The number of likely N-dealkylation sites (tertiary alicyclic amines) is 1. The molecule has 2 bridgehead atoms. The minimum Gasteiger partial charge on any atom is -0.481 e. The van der Waals surface area contributed by atoms with Crippen LogP contribution in [0.25, 0.3) is 0 Å². The van der Waals surface area contributed by atoms with Crippen LogP contribution >= 0.6 is 0 Å². The van der Waals surface area contributed by atoms with E-state index < -0.39 is 35.6 Å². The Hall–Kier alpha value is -2.80. The molecule has 4 aliphatic rings. The molecule has 140 valence electrons. The Bertz CT molecular complexity index is 908. The summed E-state index contributed by atoms with van der Waals surface area (Å²) in [6.45, 7) is 6.41. The first-order chi connectivity index (χ1) is 12.9. The quantitative estimate of drug-likeness (QED) is 0.814. The van der Waals surface area contributed by atoms with Gasteiger partial charge in [0.2, 0.25) is 12.7 Å². The molecule has 1 aromatic rings. The molecule has 5 rings (SSSR count). The van der Waals surface area contributed by atoms with Crippen LogP contribution in [0.5, 0.6) is 11.5 Å². The van der Waals surface area contributed by atoms with Crippen LogP contribution < -0.4 is 9.47 Å². The van der Waals surface area contributed by atoms with Crippen molar-refractivity contribution in [3.8, 4) is 11.5 Å². The summed E-state index contributed by atoms with van der Waals surface area (Å²) in [4.78, 5) is 26.8. The zero-order valence-corrected chi connectivity index (χ0v) is 14.8. The van der Waals surface area contributed by atoms with Crippen molar-refractivity contribution in [2.75, 3.05) is 6.79 Å². The second-order valence-electron chi connectivity index (χ2n) is 7.54. The molecular weight excluding hydrogens is 350 g/mol. The fraction of sp³-hybridized carbons (Fsp3) is 0.400. The third kappa shape index (κ3) is 2.06. The molecule has 5 atom stereocenters. The number of nitrogens with zero attached hydrogens (tertiary/aromatic N) is 1. The molecule has 7 nitrogen and oxygen atoms in total. The van der Waals surface area contributed by atoms with E-state index in [4.69, 9.17) is 14.2 Å². The van der Waals surface area contributed by atoms with Crippen LogP contribution in [0, 0.1) is 11.8 Å². The summed E-state index contributed by atoms with van der Waals surface area (Å²) in [6, 6.07) is 5.13. The summed E-state index contributed by atoms with van der Waals surface area (Å²) < 4.78 is 16.8. The lowest BCUT2D eigenvalue weighted by Crippen LogP contribution is -2.45. The van der Waals surface area contributed by atoms with Gasteiger partial charge in [0.15, 0.2) is 11.5 Å². The SMILES string of the molecule is C=C(C)C1N(Cc2ccc3c(c2)OCO3)C(=O)[C@H]2C(C(=O)O)[C@H]3C=C[C@]12O3. The highest BCUT2D eigenvalue weighted by Crippen LogP contribution is 2.56. The first kappa shape index (κ1) is 16.4. The molecule has 1 amide bonds. The predicted molar refractivity (Wildman–Crippen MR) is 93.1 cm³/mol. The largest absolute Gasteiger partial charge is 0.481 e. The van der Waals surface area contributed by atoms with Crippen molar-refractivity contribution in [2.45, 2.75) is 31.2 Å². The average molecular weight is 369 g/mol. The molecule has 7 heteroatoms. The van der Waals surface area contributed by atoms with E-state index in [-0.39, 0.29) is 12.7 Å². The number of hydrogen-bond donors (Lipinski definition) is 1. The molecule has 1 spiro atoms. The number of aliphatic carboxylic acids is 1. The molecule has 0 aliphatic carbocycles. The van der Waals surface area contributed by atoms with Crippen LogP contribution in [0.1, 0.15) is 12.5 Å². The first-order valence-electron chi connectivity index (χ1n) is 8.87. The van der Waals surface area contributed by atoms with Crippen molar-refractivity contribution in [1.82, 2.24) is 4.90 Å². The zero-order valence-electron chi connectivity index (χ0n) is 14.8. The number of amides is 1. The van der Waals surface area contributed by atoms with E-state index >= 15 is 0 Å². The number of carboxylic acid groups (broad SMARTS) is 1. The maximum atomic E-state index is 13.3. The maximum absolute atomic E-state index is 13.3. The molecule has 2 saturated heterocycles. The van der Waals surface area contributed by atoms with Gasteiger partial charge in [0.05, 0.1) is 18.1 Å². The normalized spacial score (nSPS) is 35.0. The molecule has 0 radical (unpaired) electrons. The highest BCUT2D eigenvalue weighted by atomic mass is 16.7. The van der Waals surface area contributed by atoms with Crippen LogP contribution in [0.4, 0.5) is 0 Å². The molecule has 4 heterocycles. The van der Waals surface area contributed by atoms with Crippen molar-refractivity contribution in [2.24, 2.45) is 11.8 Å². The van der Waals surface area contributed by atoms with Crippen molar-refractivity contribution < 1.29 is 28.9 Å². The molecule has 1 aromatic carbocycles. The zero-order chi connectivity index (χ0) is 18.9. The molecular formula is C20H19NO6. The number of carbonyl (C=O) groups is 2. The molecule has 4 aliphatic heterocycles. The smallest absolute Gasteiger partial charge is 0.310 e. The topological polar surface area (TPSA) is 85.3 Å². The summed E-state index contributed by atoms with van der Waals surface area (Å²) in [6.07, 6.45) is 3.06. The summed E-state index contributed by atoms with van der Waals surface area (Å²) in [5.74, 6) is -1.50. The molecule has 1 N–H and O–H groups in total. The van der Waals surface area contributed by atoms with Gasteiger partial charge in [0, 0.05) is 6.54 Å². The van der Waals surface area contributed by atoms with E-state index in [0.29, 0.717) is 18.0 Å². The van der Waals surface area contributed by atoms with Gasteiger partial charge in [-0.15, -0.1) is 0 Å². The lowest BCUT2D eigenvalue weighted by molar-refractivity contribution is -0.148. The van der Waals surface area contributed by atoms with Gasteiger partial charge in [-0.2, -0.15) is 0 Å². The Morgan fingerprint density at radius 2 is 2.15 bits per heavy atom. The Balaban J connectivity index is 1.53. The van der Waals surface area contributed by atoms with E-state index in [1.807, 2.05) is 31.2 Å². The van der Waals surface area contributed by atoms with Crippen LogP contribution in [0.3, 0.4) is 0 Å². The fourth-order valence-electron chi connectivity index (χ4n) is 4.96. The maximum Gasteiger partial charge on any atom is 0.310 e. The minimum absolute atomic E-state index is 0.182. The molecule has 2 fully saturated rings. The second kappa shape index (κ2) is 5.36. The number of fused-ring (bicyclic) bond motifs is 2. The van der Waals surface area contributed by atoms with E-state index in [2.05, 4.69) is 6.58 Å². The van der Waals surface area contributed by atoms with Gasteiger partial charge in [0.25, 0.3) is 0 Å². The molecule has 27 heavy (non-hydrogen) atoms. The lowest BCUT2D eigenvalue weighted by atomic mass is 9.74. The highest BCUT2D eigenvalue weighted by Gasteiger charge is 2.71. The standard InChI is InChI=1S/C20H19NO6/c1-10(2)17-20-6-5-13(27-20)15(19(23)24)16(20)18(22)21(17)8-11-3-4-12-14(7-11)26-9-25-12/h3-7,13,15-17H,1,8-9H2,2H3,(H,23,24)/t13-,15?,16-,17?,20-/m1/s1. The summed E-state index contributed by atoms with van der Waals surface area (Å²) >= 11 is 0. The monoisotopic (exact) mass is 369 g/mol.